The molecule has 0 unspecified atom stereocenters. The smallest absolute Gasteiger partial charge is 0.229 e. The van der Waals surface area contributed by atoms with Gasteiger partial charge < -0.3 is 20.1 Å². The maximum absolute atomic E-state index is 13.2. The van der Waals surface area contributed by atoms with Crippen LogP contribution >= 0.6 is 12.2 Å². The SMILES string of the molecule is COc1ccc(OC)c(NC(=S)NC(=NCCc2ccc(F)cc2)Nc2nc(C)cc(C)n2)c1. The number of hydrogen-bond acceptors (Lipinski definition) is 6. The van der Waals surface area contributed by atoms with Gasteiger partial charge in [-0.05, 0) is 68.4 Å². The summed E-state index contributed by atoms with van der Waals surface area (Å²) in [5, 5.41) is 9.54. The van der Waals surface area contributed by atoms with E-state index in [9.17, 15) is 4.39 Å². The molecule has 0 atom stereocenters. The molecule has 0 radical (unpaired) electrons. The topological polar surface area (TPSA) is 92.7 Å². The molecule has 0 saturated heterocycles. The summed E-state index contributed by atoms with van der Waals surface area (Å²) in [4.78, 5) is 13.4. The average Bonchev–Trinajstić information content (AvgIpc) is 2.79. The Hall–Kier alpha value is -3.79. The van der Waals surface area contributed by atoms with Crippen LogP contribution in [0.15, 0.2) is 53.5 Å². The van der Waals surface area contributed by atoms with Crippen molar-refractivity contribution in [3.63, 3.8) is 0 Å². The molecule has 1 aromatic heterocycles. The number of nitrogens with one attached hydrogen (secondary N) is 3. The van der Waals surface area contributed by atoms with E-state index in [1.807, 2.05) is 19.9 Å². The number of rotatable bonds is 7. The molecular weight excluding hydrogens is 455 g/mol. The van der Waals surface area contributed by atoms with Crippen LogP contribution in [0.2, 0.25) is 0 Å². The lowest BCUT2D eigenvalue weighted by Crippen LogP contribution is -2.39. The summed E-state index contributed by atoms with van der Waals surface area (Å²) < 4.78 is 23.9. The quantitative estimate of drug-likeness (QED) is 0.262. The van der Waals surface area contributed by atoms with E-state index in [2.05, 4.69) is 30.9 Å². The molecule has 0 aliphatic heterocycles. The highest BCUT2D eigenvalue weighted by atomic mass is 32.1. The Labute approximate surface area is 203 Å². The fraction of sp³-hybridized carbons (Fsp3) is 0.250. The van der Waals surface area contributed by atoms with Crippen LogP contribution < -0.4 is 25.4 Å². The second-order valence-corrected chi connectivity index (χ2v) is 7.76. The second-order valence-electron chi connectivity index (χ2n) is 7.35. The van der Waals surface area contributed by atoms with Crippen LogP contribution in [0, 0.1) is 19.7 Å². The summed E-state index contributed by atoms with van der Waals surface area (Å²) in [7, 11) is 3.16. The molecule has 0 aliphatic rings. The fourth-order valence-corrected chi connectivity index (χ4v) is 3.33. The molecule has 0 bridgehead atoms. The third kappa shape index (κ3) is 7.38. The number of guanidine groups is 1. The van der Waals surface area contributed by atoms with Crippen LogP contribution in [-0.2, 0) is 6.42 Å². The van der Waals surface area contributed by atoms with Gasteiger partial charge in [-0.1, -0.05) is 12.1 Å². The lowest BCUT2D eigenvalue weighted by Gasteiger charge is -2.16. The highest BCUT2D eigenvalue weighted by Crippen LogP contribution is 2.28. The minimum Gasteiger partial charge on any atom is -0.497 e. The molecule has 0 fully saturated rings. The van der Waals surface area contributed by atoms with E-state index in [-0.39, 0.29) is 10.9 Å². The van der Waals surface area contributed by atoms with Crippen molar-refractivity contribution < 1.29 is 13.9 Å². The Kier molecular flexibility index (Phi) is 8.69. The Morgan fingerprint density at radius 1 is 0.971 bits per heavy atom. The molecule has 34 heavy (non-hydrogen) atoms. The Bertz CT molecular complexity index is 1150. The fourth-order valence-electron chi connectivity index (χ4n) is 3.12. The first-order valence-corrected chi connectivity index (χ1v) is 11.0. The van der Waals surface area contributed by atoms with Gasteiger partial charge in [-0.2, -0.15) is 0 Å². The molecule has 8 nitrogen and oxygen atoms in total. The lowest BCUT2D eigenvalue weighted by atomic mass is 10.1. The van der Waals surface area contributed by atoms with Gasteiger partial charge in [0.15, 0.2) is 5.11 Å². The van der Waals surface area contributed by atoms with E-state index in [1.54, 1.807) is 44.6 Å². The molecule has 178 valence electrons. The number of nitrogens with zero attached hydrogens (tertiary/aromatic N) is 3. The molecule has 0 spiro atoms. The zero-order valence-corrected chi connectivity index (χ0v) is 20.3. The lowest BCUT2D eigenvalue weighted by molar-refractivity contribution is 0.405. The van der Waals surface area contributed by atoms with Crippen molar-refractivity contribution in [2.24, 2.45) is 4.99 Å². The van der Waals surface area contributed by atoms with Crippen molar-refractivity contribution >= 4 is 34.9 Å². The number of methoxy groups -OCH3 is 2. The minimum absolute atomic E-state index is 0.271. The van der Waals surface area contributed by atoms with Gasteiger partial charge in [0, 0.05) is 24.0 Å². The first-order chi connectivity index (χ1) is 16.4. The van der Waals surface area contributed by atoms with Crippen LogP contribution in [0.4, 0.5) is 16.0 Å². The highest BCUT2D eigenvalue weighted by molar-refractivity contribution is 7.80. The summed E-state index contributed by atoms with van der Waals surface area (Å²) in [6.07, 6.45) is 0.616. The van der Waals surface area contributed by atoms with Crippen molar-refractivity contribution in [3.8, 4) is 11.5 Å². The maximum atomic E-state index is 13.2. The predicted octanol–water partition coefficient (Wildman–Crippen LogP) is 4.25. The molecule has 0 aliphatic carbocycles. The molecule has 1 heterocycles. The van der Waals surface area contributed by atoms with E-state index in [0.717, 1.165) is 17.0 Å². The van der Waals surface area contributed by atoms with Gasteiger partial charge in [0.25, 0.3) is 0 Å². The van der Waals surface area contributed by atoms with Crippen molar-refractivity contribution in [2.45, 2.75) is 20.3 Å². The third-order valence-electron chi connectivity index (χ3n) is 4.68. The summed E-state index contributed by atoms with van der Waals surface area (Å²) in [5.41, 5.74) is 3.24. The molecule has 0 saturated carbocycles. The first kappa shape index (κ1) is 24.8. The summed E-state index contributed by atoms with van der Waals surface area (Å²) in [6.45, 7) is 4.21. The number of benzene rings is 2. The van der Waals surface area contributed by atoms with Crippen LogP contribution in [0.25, 0.3) is 0 Å². The van der Waals surface area contributed by atoms with E-state index in [0.29, 0.717) is 42.1 Å². The molecule has 0 amide bonds. The van der Waals surface area contributed by atoms with E-state index in [4.69, 9.17) is 21.7 Å². The van der Waals surface area contributed by atoms with Crippen molar-refractivity contribution in [1.82, 2.24) is 15.3 Å². The Morgan fingerprint density at radius 2 is 1.68 bits per heavy atom. The molecule has 3 N–H and O–H groups in total. The van der Waals surface area contributed by atoms with E-state index < -0.39 is 0 Å². The van der Waals surface area contributed by atoms with Gasteiger partial charge in [0.05, 0.1) is 19.9 Å². The zero-order chi connectivity index (χ0) is 24.5. The van der Waals surface area contributed by atoms with Crippen molar-refractivity contribution in [1.29, 1.82) is 0 Å². The zero-order valence-electron chi connectivity index (χ0n) is 19.5. The predicted molar refractivity (Wildman–Crippen MR) is 136 cm³/mol. The van der Waals surface area contributed by atoms with E-state index >= 15 is 0 Å². The second kappa shape index (κ2) is 11.9. The van der Waals surface area contributed by atoms with Crippen molar-refractivity contribution in [3.05, 3.63) is 71.3 Å². The summed E-state index contributed by atoms with van der Waals surface area (Å²) >= 11 is 5.50. The van der Waals surface area contributed by atoms with E-state index in [1.165, 1.54) is 12.1 Å². The maximum Gasteiger partial charge on any atom is 0.229 e. The molecule has 3 rings (SSSR count). The number of aryl methyl sites for hydroxylation is 2. The Balaban J connectivity index is 1.76. The number of halogens is 1. The van der Waals surface area contributed by atoms with Gasteiger partial charge in [-0.3, -0.25) is 10.3 Å². The molecular formula is C24H27FN6O2S. The number of hydrogen-bond donors (Lipinski definition) is 3. The highest BCUT2D eigenvalue weighted by Gasteiger charge is 2.10. The summed E-state index contributed by atoms with van der Waals surface area (Å²) in [5.74, 6) is 1.75. The number of anilines is 2. The van der Waals surface area contributed by atoms with Crippen LogP contribution in [-0.4, -0.2) is 41.8 Å². The van der Waals surface area contributed by atoms with Crippen LogP contribution in [0.5, 0.6) is 11.5 Å². The third-order valence-corrected chi connectivity index (χ3v) is 4.89. The first-order valence-electron chi connectivity index (χ1n) is 10.5. The van der Waals surface area contributed by atoms with Crippen molar-refractivity contribution in [2.75, 3.05) is 31.4 Å². The van der Waals surface area contributed by atoms with Gasteiger partial charge in [-0.25, -0.2) is 14.4 Å². The van der Waals surface area contributed by atoms with Gasteiger partial charge in [0.2, 0.25) is 11.9 Å². The minimum atomic E-state index is -0.271. The summed E-state index contributed by atoms with van der Waals surface area (Å²) in [6, 6.07) is 13.6. The number of aromatic nitrogens is 2. The molecule has 2 aromatic carbocycles. The number of thiocarbonyl (C=S) groups is 1. The average molecular weight is 483 g/mol. The number of ether oxygens (including phenoxy) is 2. The largest absolute Gasteiger partial charge is 0.497 e. The van der Waals surface area contributed by atoms with Crippen LogP contribution in [0.1, 0.15) is 17.0 Å². The molecule has 10 heteroatoms. The van der Waals surface area contributed by atoms with Gasteiger partial charge in [-0.15, -0.1) is 0 Å². The normalized spacial score (nSPS) is 11.0. The number of aliphatic imine (C=N–C) groups is 1. The monoisotopic (exact) mass is 482 g/mol. The standard InChI is InChI=1S/C24H27FN6O2S/c1-15-13-16(2)28-23(27-15)30-22(26-12-11-17-5-7-18(25)8-6-17)31-24(34)29-20-14-19(32-3)9-10-21(20)33-4/h5-10,13-14H,11-12H2,1-4H3,(H3,26,27,28,29,30,31,34). The Morgan fingerprint density at radius 3 is 2.32 bits per heavy atom. The van der Waals surface area contributed by atoms with Gasteiger partial charge >= 0.3 is 0 Å². The van der Waals surface area contributed by atoms with Crippen LogP contribution in [0.3, 0.4) is 0 Å². The van der Waals surface area contributed by atoms with Gasteiger partial charge in [0.1, 0.15) is 17.3 Å². The molecule has 3 aromatic rings.